The first-order chi connectivity index (χ1) is 11.6. The Morgan fingerprint density at radius 1 is 1.08 bits per heavy atom. The molecule has 0 aliphatic carbocycles. The molecule has 142 valence electrons. The van der Waals surface area contributed by atoms with E-state index in [4.69, 9.17) is 9.47 Å². The van der Waals surface area contributed by atoms with Gasteiger partial charge in [-0.2, -0.15) is 0 Å². The Kier molecular flexibility index (Phi) is 11.2. The van der Waals surface area contributed by atoms with Crippen molar-refractivity contribution < 1.29 is 29.6 Å². The number of unbranched alkanes of at least 4 members (excludes halogenated alkanes) is 8. The van der Waals surface area contributed by atoms with Crippen molar-refractivity contribution in [3.8, 4) is 0 Å². The molecule has 6 heteroatoms. The van der Waals surface area contributed by atoms with Gasteiger partial charge in [0.2, 0.25) is 0 Å². The van der Waals surface area contributed by atoms with E-state index in [2.05, 4.69) is 6.92 Å². The molecule has 1 saturated heterocycles. The van der Waals surface area contributed by atoms with Crippen molar-refractivity contribution in [2.45, 2.75) is 95.5 Å². The zero-order valence-electron chi connectivity index (χ0n) is 14.9. The minimum absolute atomic E-state index is 0.0186. The highest BCUT2D eigenvalue weighted by Crippen LogP contribution is 2.18. The van der Waals surface area contributed by atoms with E-state index >= 15 is 0 Å². The Bertz CT molecular complexity index is 335. The number of hydrogen-bond donors (Lipinski definition) is 3. The standard InChI is InChI=1S/C18H34O6/c1-2-3-4-5-6-7-8-9-10-11-16(21)23-13-15(20)18-17(22)14(19)12-24-18/h14-15,17-20,22H,2-13H2,1H3/t14-,15?,17+,18?/m1/s1. The minimum atomic E-state index is -1.14. The minimum Gasteiger partial charge on any atom is -0.463 e. The SMILES string of the molecule is CCCCCCCCCCCC(=O)OCC(O)C1OC[C@@H](O)[C@@H]1O. The maximum absolute atomic E-state index is 11.6. The van der Waals surface area contributed by atoms with Gasteiger partial charge in [0.15, 0.2) is 0 Å². The molecule has 4 atom stereocenters. The molecular weight excluding hydrogens is 312 g/mol. The molecule has 0 amide bonds. The second-order valence-corrected chi connectivity index (χ2v) is 6.68. The summed E-state index contributed by atoms with van der Waals surface area (Å²) in [5.41, 5.74) is 0. The Morgan fingerprint density at radius 3 is 2.21 bits per heavy atom. The molecule has 0 radical (unpaired) electrons. The van der Waals surface area contributed by atoms with Crippen LogP contribution in [0.15, 0.2) is 0 Å². The molecule has 0 aromatic carbocycles. The van der Waals surface area contributed by atoms with Gasteiger partial charge in [-0.05, 0) is 6.42 Å². The van der Waals surface area contributed by atoms with Crippen molar-refractivity contribution in [2.24, 2.45) is 0 Å². The summed E-state index contributed by atoms with van der Waals surface area (Å²) >= 11 is 0. The van der Waals surface area contributed by atoms with Gasteiger partial charge >= 0.3 is 5.97 Å². The quantitative estimate of drug-likeness (QED) is 0.348. The van der Waals surface area contributed by atoms with Gasteiger partial charge in [-0.1, -0.05) is 58.3 Å². The number of hydrogen-bond acceptors (Lipinski definition) is 6. The van der Waals surface area contributed by atoms with E-state index in [9.17, 15) is 20.1 Å². The van der Waals surface area contributed by atoms with Crippen molar-refractivity contribution in [3.05, 3.63) is 0 Å². The molecule has 1 heterocycles. The van der Waals surface area contributed by atoms with Crippen LogP contribution >= 0.6 is 0 Å². The highest BCUT2D eigenvalue weighted by atomic mass is 16.6. The second kappa shape index (κ2) is 12.6. The Hall–Kier alpha value is -0.690. The van der Waals surface area contributed by atoms with Gasteiger partial charge in [0.1, 0.15) is 31.0 Å². The Morgan fingerprint density at radius 2 is 1.67 bits per heavy atom. The van der Waals surface area contributed by atoms with Gasteiger partial charge in [-0.3, -0.25) is 4.79 Å². The smallest absolute Gasteiger partial charge is 0.305 e. The molecule has 1 aliphatic rings. The van der Waals surface area contributed by atoms with E-state index in [-0.39, 0.29) is 19.2 Å². The molecule has 24 heavy (non-hydrogen) atoms. The zero-order chi connectivity index (χ0) is 17.8. The molecule has 2 unspecified atom stereocenters. The number of carbonyl (C=O) groups is 1. The molecule has 6 nitrogen and oxygen atoms in total. The fourth-order valence-corrected chi connectivity index (χ4v) is 2.89. The highest BCUT2D eigenvalue weighted by molar-refractivity contribution is 5.69. The lowest BCUT2D eigenvalue weighted by atomic mass is 10.1. The summed E-state index contributed by atoms with van der Waals surface area (Å²) in [4.78, 5) is 11.6. The van der Waals surface area contributed by atoms with Crippen molar-refractivity contribution in [1.82, 2.24) is 0 Å². The number of aliphatic hydroxyl groups is 3. The molecule has 1 aliphatic heterocycles. The first kappa shape index (κ1) is 21.4. The van der Waals surface area contributed by atoms with Gasteiger partial charge < -0.3 is 24.8 Å². The zero-order valence-corrected chi connectivity index (χ0v) is 14.9. The summed E-state index contributed by atoms with van der Waals surface area (Å²) in [6.45, 7) is 1.98. The first-order valence-electron chi connectivity index (χ1n) is 9.37. The maximum atomic E-state index is 11.6. The van der Waals surface area contributed by atoms with E-state index < -0.39 is 24.4 Å². The summed E-state index contributed by atoms with van der Waals surface area (Å²) in [7, 11) is 0. The molecule has 0 aromatic heterocycles. The average Bonchev–Trinajstić information content (AvgIpc) is 2.90. The second-order valence-electron chi connectivity index (χ2n) is 6.68. The van der Waals surface area contributed by atoms with Gasteiger partial charge in [-0.15, -0.1) is 0 Å². The molecule has 1 fully saturated rings. The summed E-state index contributed by atoms with van der Waals surface area (Å²) in [5, 5.41) is 28.8. The van der Waals surface area contributed by atoms with Crippen LogP contribution in [0.5, 0.6) is 0 Å². The van der Waals surface area contributed by atoms with Crippen molar-refractivity contribution in [3.63, 3.8) is 0 Å². The van der Waals surface area contributed by atoms with E-state index in [1.165, 1.54) is 38.5 Å². The van der Waals surface area contributed by atoms with Gasteiger partial charge in [0.05, 0.1) is 6.61 Å². The normalized spacial score (nSPS) is 24.9. The summed E-state index contributed by atoms with van der Waals surface area (Å²) < 4.78 is 10.1. The lowest BCUT2D eigenvalue weighted by molar-refractivity contribution is -0.151. The van der Waals surface area contributed by atoms with Crippen molar-refractivity contribution >= 4 is 5.97 Å². The third-order valence-corrected chi connectivity index (χ3v) is 4.47. The predicted molar refractivity (Wildman–Crippen MR) is 90.6 cm³/mol. The predicted octanol–water partition coefficient (Wildman–Crippen LogP) is 1.93. The van der Waals surface area contributed by atoms with Crippen LogP contribution in [0.4, 0.5) is 0 Å². The number of rotatable bonds is 13. The molecule has 1 rings (SSSR count). The number of ether oxygens (including phenoxy) is 2. The van der Waals surface area contributed by atoms with Gasteiger partial charge in [0, 0.05) is 6.42 Å². The van der Waals surface area contributed by atoms with Crippen LogP contribution in [0, 0.1) is 0 Å². The van der Waals surface area contributed by atoms with Crippen LogP contribution in [0.2, 0.25) is 0 Å². The number of carbonyl (C=O) groups excluding carboxylic acids is 1. The number of esters is 1. The Labute approximate surface area is 145 Å². The van der Waals surface area contributed by atoms with E-state index in [1.807, 2.05) is 0 Å². The summed E-state index contributed by atoms with van der Waals surface area (Å²) in [6.07, 6.45) is 6.84. The monoisotopic (exact) mass is 346 g/mol. The van der Waals surface area contributed by atoms with Crippen LogP contribution in [-0.2, 0) is 14.3 Å². The van der Waals surface area contributed by atoms with Crippen LogP contribution < -0.4 is 0 Å². The molecule has 0 aromatic rings. The maximum Gasteiger partial charge on any atom is 0.305 e. The fourth-order valence-electron chi connectivity index (χ4n) is 2.89. The van der Waals surface area contributed by atoms with E-state index in [0.717, 1.165) is 19.3 Å². The molecule has 0 spiro atoms. The lowest BCUT2D eigenvalue weighted by Crippen LogP contribution is -2.41. The third-order valence-electron chi connectivity index (χ3n) is 4.47. The number of aliphatic hydroxyl groups excluding tert-OH is 3. The fraction of sp³-hybridized carbons (Fsp3) is 0.944. The van der Waals surface area contributed by atoms with E-state index in [0.29, 0.717) is 6.42 Å². The first-order valence-corrected chi connectivity index (χ1v) is 9.37. The molecule has 0 bridgehead atoms. The van der Waals surface area contributed by atoms with E-state index in [1.54, 1.807) is 0 Å². The van der Waals surface area contributed by atoms with Crippen LogP contribution in [0.1, 0.15) is 71.1 Å². The lowest BCUT2D eigenvalue weighted by Gasteiger charge is -2.20. The third kappa shape index (κ3) is 8.42. The molecular formula is C18H34O6. The van der Waals surface area contributed by atoms with Gasteiger partial charge in [0.25, 0.3) is 0 Å². The average molecular weight is 346 g/mol. The Balaban J connectivity index is 1.96. The van der Waals surface area contributed by atoms with Crippen LogP contribution in [0.3, 0.4) is 0 Å². The summed E-state index contributed by atoms with van der Waals surface area (Å²) in [5.74, 6) is -0.343. The van der Waals surface area contributed by atoms with Crippen LogP contribution in [-0.4, -0.2) is 58.9 Å². The van der Waals surface area contributed by atoms with Crippen molar-refractivity contribution in [1.29, 1.82) is 0 Å². The highest BCUT2D eigenvalue weighted by Gasteiger charge is 2.39. The topological polar surface area (TPSA) is 96.2 Å². The van der Waals surface area contributed by atoms with Crippen molar-refractivity contribution in [2.75, 3.05) is 13.2 Å². The molecule has 3 N–H and O–H groups in total. The van der Waals surface area contributed by atoms with Gasteiger partial charge in [-0.25, -0.2) is 0 Å². The largest absolute Gasteiger partial charge is 0.463 e. The molecule has 0 saturated carbocycles. The van der Waals surface area contributed by atoms with Crippen LogP contribution in [0.25, 0.3) is 0 Å². The summed E-state index contributed by atoms with van der Waals surface area (Å²) in [6, 6.07) is 0.